The number of carbonyl (C=O) groups is 1. The van der Waals surface area contributed by atoms with Crippen molar-refractivity contribution in [1.82, 2.24) is 9.88 Å². The van der Waals surface area contributed by atoms with Crippen molar-refractivity contribution in [3.8, 4) is 17.6 Å². The molecule has 0 aliphatic heterocycles. The van der Waals surface area contributed by atoms with E-state index >= 15 is 0 Å². The van der Waals surface area contributed by atoms with Gasteiger partial charge in [-0.3, -0.25) is 4.79 Å². The lowest BCUT2D eigenvalue weighted by Crippen LogP contribution is -2.37. The minimum atomic E-state index is -0.368. The van der Waals surface area contributed by atoms with Crippen LogP contribution in [0.3, 0.4) is 0 Å². The number of methoxy groups -OCH3 is 2. The number of nitriles is 1. The molecule has 2 unspecified atom stereocenters. The van der Waals surface area contributed by atoms with Crippen molar-refractivity contribution < 1.29 is 19.4 Å². The summed E-state index contributed by atoms with van der Waals surface area (Å²) in [6.45, 7) is 0.871. The number of ether oxygens (including phenoxy) is 2. The predicted molar refractivity (Wildman–Crippen MR) is 126 cm³/mol. The van der Waals surface area contributed by atoms with Crippen LogP contribution >= 0.6 is 0 Å². The molecule has 172 valence electrons. The first-order valence-corrected chi connectivity index (χ1v) is 11.2. The summed E-state index contributed by atoms with van der Waals surface area (Å²) in [5.41, 5.74) is 2.83. The molecule has 4 rings (SSSR count). The minimum Gasteiger partial charge on any atom is -0.497 e. The van der Waals surface area contributed by atoms with E-state index in [2.05, 4.69) is 11.4 Å². The average molecular weight is 448 g/mol. The summed E-state index contributed by atoms with van der Waals surface area (Å²) in [4.78, 5) is 13.2. The summed E-state index contributed by atoms with van der Waals surface area (Å²) in [5, 5.41) is 23.4. The first-order valence-electron chi connectivity index (χ1n) is 11.2. The van der Waals surface area contributed by atoms with E-state index in [4.69, 9.17) is 9.47 Å². The largest absolute Gasteiger partial charge is 0.497 e. The number of fused-ring (bicyclic) bond motifs is 1. The number of rotatable bonds is 7. The third kappa shape index (κ3) is 4.96. The van der Waals surface area contributed by atoms with Crippen LogP contribution in [0.5, 0.6) is 11.5 Å². The average Bonchev–Trinajstić information content (AvgIpc) is 3.20. The van der Waals surface area contributed by atoms with Crippen LogP contribution in [0.25, 0.3) is 10.9 Å². The first-order chi connectivity index (χ1) is 16.0. The Bertz CT molecular complexity index is 1170. The summed E-state index contributed by atoms with van der Waals surface area (Å²) >= 11 is 0. The Morgan fingerprint density at radius 3 is 2.52 bits per heavy atom. The molecular weight excluding hydrogens is 418 g/mol. The number of aliphatic hydroxyl groups excluding tert-OH is 1. The summed E-state index contributed by atoms with van der Waals surface area (Å²) in [6, 6.07) is 15.0. The third-order valence-electron chi connectivity index (χ3n) is 6.41. The zero-order chi connectivity index (χ0) is 23.4. The molecule has 2 N–H and O–H groups in total. The Morgan fingerprint density at radius 2 is 1.85 bits per heavy atom. The molecule has 0 spiro atoms. The highest BCUT2D eigenvalue weighted by atomic mass is 16.5. The second-order valence-corrected chi connectivity index (χ2v) is 8.54. The van der Waals surface area contributed by atoms with E-state index in [-0.39, 0.29) is 17.9 Å². The fraction of sp³-hybridized carbons (Fsp3) is 0.385. The van der Waals surface area contributed by atoms with Crippen LogP contribution in [-0.2, 0) is 6.54 Å². The van der Waals surface area contributed by atoms with Gasteiger partial charge in [-0.2, -0.15) is 5.26 Å². The van der Waals surface area contributed by atoms with E-state index in [1.807, 2.05) is 28.8 Å². The normalized spacial score (nSPS) is 18.0. The molecule has 7 nitrogen and oxygen atoms in total. The Morgan fingerprint density at radius 1 is 1.12 bits per heavy atom. The number of aromatic nitrogens is 1. The highest BCUT2D eigenvalue weighted by Gasteiger charge is 2.24. The summed E-state index contributed by atoms with van der Waals surface area (Å²) in [6.07, 6.45) is 3.44. The Balaban J connectivity index is 1.67. The lowest BCUT2D eigenvalue weighted by atomic mass is 9.86. The van der Waals surface area contributed by atoms with Crippen molar-refractivity contribution >= 4 is 16.8 Å². The molecule has 1 aliphatic carbocycles. The molecule has 1 amide bonds. The second kappa shape index (κ2) is 9.97. The number of benzene rings is 2. The zero-order valence-electron chi connectivity index (χ0n) is 19.0. The van der Waals surface area contributed by atoms with Crippen LogP contribution in [0.4, 0.5) is 0 Å². The lowest BCUT2D eigenvalue weighted by molar-refractivity contribution is 0.0661. The van der Waals surface area contributed by atoms with Crippen molar-refractivity contribution in [3.63, 3.8) is 0 Å². The molecule has 7 heteroatoms. The van der Waals surface area contributed by atoms with E-state index in [1.165, 1.54) is 0 Å². The van der Waals surface area contributed by atoms with Crippen molar-refractivity contribution in [2.75, 3.05) is 20.8 Å². The van der Waals surface area contributed by atoms with Gasteiger partial charge < -0.3 is 24.5 Å². The molecule has 1 aromatic heterocycles. The van der Waals surface area contributed by atoms with Gasteiger partial charge >= 0.3 is 0 Å². The molecule has 1 fully saturated rings. The topological polar surface area (TPSA) is 96.5 Å². The van der Waals surface area contributed by atoms with Crippen molar-refractivity contribution in [1.29, 1.82) is 5.26 Å². The number of amides is 1. The molecule has 1 heterocycles. The fourth-order valence-corrected chi connectivity index (χ4v) is 4.58. The van der Waals surface area contributed by atoms with Crippen LogP contribution in [0.2, 0.25) is 0 Å². The fourth-order valence-electron chi connectivity index (χ4n) is 4.58. The van der Waals surface area contributed by atoms with Crippen LogP contribution in [0, 0.1) is 17.2 Å². The van der Waals surface area contributed by atoms with Gasteiger partial charge in [-0.1, -0.05) is 12.8 Å². The van der Waals surface area contributed by atoms with Crippen LogP contribution in [0.1, 0.15) is 47.3 Å². The van der Waals surface area contributed by atoms with Gasteiger partial charge in [0.15, 0.2) is 0 Å². The predicted octanol–water partition coefficient (Wildman–Crippen LogP) is 3.86. The number of nitrogens with one attached hydrogen (secondary N) is 1. The zero-order valence-corrected chi connectivity index (χ0v) is 19.0. The quantitative estimate of drug-likeness (QED) is 0.573. The van der Waals surface area contributed by atoms with Crippen LogP contribution in [-0.4, -0.2) is 42.4 Å². The number of aliphatic hydroxyl groups is 1. The van der Waals surface area contributed by atoms with E-state index < -0.39 is 0 Å². The lowest BCUT2D eigenvalue weighted by Gasteiger charge is -2.27. The number of hydrogen-bond acceptors (Lipinski definition) is 5. The maximum Gasteiger partial charge on any atom is 0.267 e. The maximum absolute atomic E-state index is 13.2. The van der Waals surface area contributed by atoms with Gasteiger partial charge in [0.05, 0.1) is 32.0 Å². The Hall–Kier alpha value is -3.50. The van der Waals surface area contributed by atoms with Crippen molar-refractivity contribution in [2.45, 2.75) is 38.3 Å². The molecule has 0 saturated heterocycles. The molecule has 2 aromatic carbocycles. The standard InChI is InChI=1S/C26H29N3O4/c1-32-21-10-18(11-22(13-21)33-2)16-29-23-8-7-17(14-27)9-20(23)12-24(29)26(31)28-15-19-5-3-4-6-25(19)30/h7-13,19,25,30H,3-6,15-16H2,1-2H3,(H,28,31). The molecular formula is C26H29N3O4. The summed E-state index contributed by atoms with van der Waals surface area (Å²) in [5.74, 6) is 1.22. The Kier molecular flexibility index (Phi) is 6.85. The van der Waals surface area contributed by atoms with E-state index in [1.54, 1.807) is 32.4 Å². The maximum atomic E-state index is 13.2. The number of hydrogen-bond donors (Lipinski definition) is 2. The molecule has 0 bridgehead atoms. The van der Waals surface area contributed by atoms with Gasteiger partial charge in [-0.05, 0) is 54.8 Å². The molecule has 0 radical (unpaired) electrons. The van der Waals surface area contributed by atoms with Gasteiger partial charge in [0, 0.05) is 36.0 Å². The van der Waals surface area contributed by atoms with E-state index in [9.17, 15) is 15.2 Å². The van der Waals surface area contributed by atoms with Gasteiger partial charge in [0.2, 0.25) is 0 Å². The van der Waals surface area contributed by atoms with Gasteiger partial charge in [-0.15, -0.1) is 0 Å². The highest BCUT2D eigenvalue weighted by Crippen LogP contribution is 2.28. The minimum absolute atomic E-state index is 0.0772. The Labute approximate surface area is 193 Å². The number of nitrogens with zero attached hydrogens (tertiary/aromatic N) is 2. The molecule has 1 aliphatic rings. The van der Waals surface area contributed by atoms with Crippen molar-refractivity contribution in [3.05, 3.63) is 59.3 Å². The van der Waals surface area contributed by atoms with Gasteiger partial charge in [0.1, 0.15) is 17.2 Å². The second-order valence-electron chi connectivity index (χ2n) is 8.54. The smallest absolute Gasteiger partial charge is 0.267 e. The van der Waals surface area contributed by atoms with Crippen LogP contribution < -0.4 is 14.8 Å². The molecule has 3 aromatic rings. The SMILES string of the molecule is COc1cc(Cn2c(C(=O)NCC3CCCCC3O)cc3cc(C#N)ccc32)cc(OC)c1. The summed E-state index contributed by atoms with van der Waals surface area (Å²) < 4.78 is 12.7. The molecule has 2 atom stereocenters. The summed E-state index contributed by atoms with van der Waals surface area (Å²) in [7, 11) is 3.21. The molecule has 33 heavy (non-hydrogen) atoms. The van der Waals surface area contributed by atoms with Gasteiger partial charge in [0.25, 0.3) is 5.91 Å². The number of carbonyl (C=O) groups excluding carboxylic acids is 1. The first kappa shape index (κ1) is 22.7. The van der Waals surface area contributed by atoms with E-state index in [0.29, 0.717) is 35.8 Å². The monoisotopic (exact) mass is 447 g/mol. The third-order valence-corrected chi connectivity index (χ3v) is 6.41. The van der Waals surface area contributed by atoms with Crippen LogP contribution in [0.15, 0.2) is 42.5 Å². The van der Waals surface area contributed by atoms with Gasteiger partial charge in [-0.25, -0.2) is 0 Å². The molecule has 1 saturated carbocycles. The van der Waals surface area contributed by atoms with Crippen molar-refractivity contribution in [2.24, 2.45) is 5.92 Å². The van der Waals surface area contributed by atoms with E-state index in [0.717, 1.165) is 42.1 Å². The highest BCUT2D eigenvalue weighted by molar-refractivity contribution is 5.99.